The number of hydrogen-bond donors (Lipinski definition) is 0. The molecule has 8 nitrogen and oxygen atoms in total. The molecule has 0 spiro atoms. The van der Waals surface area contributed by atoms with E-state index in [4.69, 9.17) is 19.2 Å². The van der Waals surface area contributed by atoms with Gasteiger partial charge in [-0.1, -0.05) is 39.3 Å². The van der Waals surface area contributed by atoms with Crippen molar-refractivity contribution in [3.8, 4) is 6.07 Å². The van der Waals surface area contributed by atoms with E-state index in [1.807, 2.05) is 10.6 Å². The van der Waals surface area contributed by atoms with E-state index in [1.165, 1.54) is 0 Å². The Morgan fingerprint density at radius 2 is 1.64 bits per heavy atom. The second-order valence-corrected chi connectivity index (χ2v) is 23.7. The van der Waals surface area contributed by atoms with E-state index in [9.17, 15) is 5.26 Å². The Labute approximate surface area is 219 Å². The van der Waals surface area contributed by atoms with E-state index >= 15 is 0 Å². The maximum absolute atomic E-state index is 9.60. The molecule has 2 heterocycles. The summed E-state index contributed by atoms with van der Waals surface area (Å²) in [6, 6.07) is 8.71. The van der Waals surface area contributed by atoms with Gasteiger partial charge in [-0.2, -0.15) is 14.9 Å². The predicted octanol–water partition coefficient (Wildman–Crippen LogP) is 5.73. The quantitative estimate of drug-likeness (QED) is 0.185. The van der Waals surface area contributed by atoms with Crippen LogP contribution in [0.1, 0.15) is 37.3 Å². The fraction of sp³-hybridized carbons (Fsp3) is 0.731. The zero-order valence-corrected chi connectivity index (χ0v) is 25.3. The second-order valence-electron chi connectivity index (χ2n) is 12.5. The summed E-state index contributed by atoms with van der Waals surface area (Å²) in [4.78, 5) is 7.07. The van der Waals surface area contributed by atoms with E-state index in [-0.39, 0.29) is 5.92 Å². The van der Waals surface area contributed by atoms with Gasteiger partial charge in [-0.25, -0.2) is 4.98 Å². The van der Waals surface area contributed by atoms with Gasteiger partial charge in [0.15, 0.2) is 11.2 Å². The smallest absolute Gasteiger partial charge is 0.157 e. The van der Waals surface area contributed by atoms with Gasteiger partial charge in [0.1, 0.15) is 19.3 Å². The molecule has 0 atom stereocenters. The minimum atomic E-state index is -1.17. The summed E-state index contributed by atoms with van der Waals surface area (Å²) in [5.41, 5.74) is 1.19. The Bertz CT molecular complexity index is 995. The van der Waals surface area contributed by atoms with Crippen LogP contribution in [0.5, 0.6) is 0 Å². The van der Waals surface area contributed by atoms with Crippen molar-refractivity contribution in [1.29, 1.82) is 5.26 Å². The number of hydrogen-bond acceptors (Lipinski definition) is 7. The van der Waals surface area contributed by atoms with Crippen molar-refractivity contribution in [2.24, 2.45) is 0 Å². The SMILES string of the molecule is CO[C@]1(C#N)CC[C@@H](c2cc(N(COCC[Si](C)(C)C)COCC[Si](C)(C)C)n3nccc3n2)CC1. The van der Waals surface area contributed by atoms with Crippen molar-refractivity contribution in [3.05, 3.63) is 24.0 Å². The van der Waals surface area contributed by atoms with Crippen LogP contribution >= 0.6 is 0 Å². The first-order valence-electron chi connectivity index (χ1n) is 13.2. The van der Waals surface area contributed by atoms with Gasteiger partial charge in [0.25, 0.3) is 0 Å². The highest BCUT2D eigenvalue weighted by Gasteiger charge is 2.36. The number of aromatic nitrogens is 3. The van der Waals surface area contributed by atoms with Crippen LogP contribution in [-0.2, 0) is 14.2 Å². The van der Waals surface area contributed by atoms with Crippen LogP contribution in [0.2, 0.25) is 51.4 Å². The molecular formula is C26H45N5O3Si2. The molecule has 0 bridgehead atoms. The molecule has 2 aromatic rings. The molecule has 0 saturated heterocycles. The third-order valence-electron chi connectivity index (χ3n) is 6.98. The molecule has 1 aliphatic rings. The van der Waals surface area contributed by atoms with Crippen LogP contribution in [0.3, 0.4) is 0 Å². The Hall–Kier alpha value is -1.78. The summed E-state index contributed by atoms with van der Waals surface area (Å²) in [6.07, 6.45) is 4.97. The fourth-order valence-electron chi connectivity index (χ4n) is 4.37. The Balaban J connectivity index is 1.81. The van der Waals surface area contributed by atoms with Gasteiger partial charge in [0.2, 0.25) is 0 Å². The normalized spacial score (nSPS) is 21.0. The molecule has 1 saturated carbocycles. The van der Waals surface area contributed by atoms with Gasteiger partial charge in [0.05, 0.1) is 12.3 Å². The molecule has 2 aromatic heterocycles. The number of nitrogens with zero attached hydrogens (tertiary/aromatic N) is 5. The molecule has 0 aliphatic heterocycles. The molecule has 0 radical (unpaired) electrons. The average Bonchev–Trinajstić information content (AvgIpc) is 3.30. The molecule has 3 rings (SSSR count). The Morgan fingerprint density at radius 1 is 1.06 bits per heavy atom. The number of methoxy groups -OCH3 is 1. The molecule has 1 fully saturated rings. The molecule has 0 unspecified atom stereocenters. The number of anilines is 1. The third kappa shape index (κ3) is 8.11. The summed E-state index contributed by atoms with van der Waals surface area (Å²) in [5, 5.41) is 14.2. The van der Waals surface area contributed by atoms with Gasteiger partial charge in [-0.3, -0.25) is 0 Å². The first-order chi connectivity index (χ1) is 17.0. The minimum Gasteiger partial charge on any atom is -0.363 e. The van der Waals surface area contributed by atoms with Gasteiger partial charge < -0.3 is 19.1 Å². The van der Waals surface area contributed by atoms with Gasteiger partial charge in [-0.15, -0.1) is 0 Å². The van der Waals surface area contributed by atoms with Crippen molar-refractivity contribution in [3.63, 3.8) is 0 Å². The molecule has 0 aromatic carbocycles. The Morgan fingerprint density at radius 3 is 2.14 bits per heavy atom. The summed E-state index contributed by atoms with van der Waals surface area (Å²) >= 11 is 0. The topological polar surface area (TPSA) is 84.9 Å². The van der Waals surface area contributed by atoms with Crippen LogP contribution in [0.15, 0.2) is 18.3 Å². The van der Waals surface area contributed by atoms with Crippen molar-refractivity contribution in [2.75, 3.05) is 38.7 Å². The maximum Gasteiger partial charge on any atom is 0.157 e. The zero-order chi connectivity index (χ0) is 26.4. The minimum absolute atomic E-state index is 0.280. The number of fused-ring (bicyclic) bond motifs is 1. The van der Waals surface area contributed by atoms with Crippen molar-refractivity contribution in [2.45, 2.75) is 88.6 Å². The molecule has 200 valence electrons. The summed E-state index contributed by atoms with van der Waals surface area (Å²) in [7, 11) is -0.709. The van der Waals surface area contributed by atoms with Crippen molar-refractivity contribution < 1.29 is 14.2 Å². The standard InChI is InChI=1S/C26H45N5O3Si2/c1-32-26(19-27)11-8-22(9-12-26)23-18-25(31-24(29-23)10-13-28-31)30(20-33-14-16-35(2,3)4)21-34-15-17-36(5,6)7/h10,13,18,22H,8-9,11-12,14-17,20-21H2,1-7H3/t22-,26-. The van der Waals surface area contributed by atoms with Gasteiger partial charge >= 0.3 is 0 Å². The van der Waals surface area contributed by atoms with Crippen LogP contribution in [0.4, 0.5) is 5.82 Å². The fourth-order valence-corrected chi connectivity index (χ4v) is 5.88. The average molecular weight is 532 g/mol. The molecule has 0 amide bonds. The van der Waals surface area contributed by atoms with Crippen molar-refractivity contribution >= 4 is 27.6 Å². The number of nitriles is 1. The van der Waals surface area contributed by atoms with Crippen LogP contribution in [-0.4, -0.2) is 70.1 Å². The van der Waals surface area contributed by atoms with Crippen LogP contribution in [0, 0.1) is 11.3 Å². The lowest BCUT2D eigenvalue weighted by Crippen LogP contribution is -2.35. The lowest BCUT2D eigenvalue weighted by Gasteiger charge is -2.34. The van der Waals surface area contributed by atoms with E-state index in [1.54, 1.807) is 13.3 Å². The largest absolute Gasteiger partial charge is 0.363 e. The van der Waals surface area contributed by atoms with Gasteiger partial charge in [-0.05, 0) is 37.8 Å². The first kappa shape index (κ1) is 28.8. The van der Waals surface area contributed by atoms with Crippen LogP contribution < -0.4 is 4.90 Å². The molecule has 36 heavy (non-hydrogen) atoms. The summed E-state index contributed by atoms with van der Waals surface area (Å²) in [6.45, 7) is 16.6. The lowest BCUT2D eigenvalue weighted by atomic mass is 9.78. The second kappa shape index (κ2) is 12.2. The van der Waals surface area contributed by atoms with E-state index in [2.05, 4.69) is 61.4 Å². The maximum atomic E-state index is 9.60. The highest BCUT2D eigenvalue weighted by molar-refractivity contribution is 6.76. The number of ether oxygens (including phenoxy) is 3. The summed E-state index contributed by atoms with van der Waals surface area (Å²) < 4.78 is 19.8. The molecule has 0 N–H and O–H groups in total. The predicted molar refractivity (Wildman–Crippen MR) is 150 cm³/mol. The van der Waals surface area contributed by atoms with E-state index in [0.717, 1.165) is 68.1 Å². The van der Waals surface area contributed by atoms with Gasteiger partial charge in [0, 0.05) is 60.2 Å². The monoisotopic (exact) mass is 531 g/mol. The number of rotatable bonds is 13. The highest BCUT2D eigenvalue weighted by Crippen LogP contribution is 2.39. The van der Waals surface area contributed by atoms with Crippen molar-refractivity contribution in [1.82, 2.24) is 14.6 Å². The highest BCUT2D eigenvalue weighted by atomic mass is 28.3. The summed E-state index contributed by atoms with van der Waals surface area (Å²) in [5.74, 6) is 1.22. The van der Waals surface area contributed by atoms with E-state index in [0.29, 0.717) is 13.5 Å². The molecule has 1 aliphatic carbocycles. The lowest BCUT2D eigenvalue weighted by molar-refractivity contribution is 0.00408. The van der Waals surface area contributed by atoms with E-state index < -0.39 is 21.7 Å². The third-order valence-corrected chi connectivity index (χ3v) is 10.4. The Kier molecular flexibility index (Phi) is 9.74. The van der Waals surface area contributed by atoms with Crippen LogP contribution in [0.25, 0.3) is 5.65 Å². The first-order valence-corrected chi connectivity index (χ1v) is 20.6. The molecule has 10 heteroatoms. The molecular weight excluding hydrogens is 486 g/mol. The zero-order valence-electron chi connectivity index (χ0n) is 23.3.